The minimum Gasteiger partial charge on any atom is -0.288 e. The van der Waals surface area contributed by atoms with Gasteiger partial charge in [0.15, 0.2) is 0 Å². The van der Waals surface area contributed by atoms with E-state index in [1.54, 1.807) is 48.5 Å². The highest BCUT2D eigenvalue weighted by atomic mass is 32.2. The second-order valence-electron chi connectivity index (χ2n) is 8.97. The first kappa shape index (κ1) is 20.9. The van der Waals surface area contributed by atoms with E-state index < -0.39 is 46.0 Å². The maximum absolute atomic E-state index is 13.3. The molecule has 0 spiro atoms. The molecule has 5 aromatic carbocycles. The lowest BCUT2D eigenvalue weighted by Gasteiger charge is -2.28. The predicted molar refractivity (Wildman–Crippen MR) is 131 cm³/mol. The average molecular weight is 498 g/mol. The normalized spacial score (nSPS) is 15.6. The number of hydrogen-bond acceptors (Lipinski definition) is 6. The van der Waals surface area contributed by atoms with Crippen molar-refractivity contribution < 1.29 is 32.1 Å². The molecule has 2 aliphatic heterocycles. The average Bonchev–Trinajstić information content (AvgIpc) is 2.84. The molecule has 0 aromatic heterocycles. The zero-order valence-electron chi connectivity index (χ0n) is 18.3. The van der Waals surface area contributed by atoms with Gasteiger partial charge in [-0.1, -0.05) is 24.3 Å². The van der Waals surface area contributed by atoms with Gasteiger partial charge in [0.25, 0.3) is 33.7 Å². The van der Waals surface area contributed by atoms with Crippen LogP contribution in [0.1, 0.15) is 41.4 Å². The first-order chi connectivity index (χ1) is 17.2. The molecule has 0 atom stereocenters. The van der Waals surface area contributed by atoms with Crippen molar-refractivity contribution >= 4 is 76.8 Å². The fourth-order valence-corrected chi connectivity index (χ4v) is 6.07. The molecular formula is C26H14N2O7S. The molecule has 2 N–H and O–H groups in total. The molecule has 0 aliphatic carbocycles. The van der Waals surface area contributed by atoms with Crippen LogP contribution in [-0.2, 0) is 10.1 Å². The van der Waals surface area contributed by atoms with Crippen LogP contribution >= 0.6 is 0 Å². The van der Waals surface area contributed by atoms with E-state index in [2.05, 4.69) is 5.32 Å². The van der Waals surface area contributed by atoms with Gasteiger partial charge in [-0.25, -0.2) is 0 Å². The second kappa shape index (κ2) is 6.62. The third-order valence-electron chi connectivity index (χ3n) is 7.14. The summed E-state index contributed by atoms with van der Waals surface area (Å²) in [6.07, 6.45) is 0. The number of fused-ring (bicyclic) bond motifs is 2. The van der Waals surface area contributed by atoms with Gasteiger partial charge in [0.1, 0.15) is 0 Å². The Kier molecular flexibility index (Phi) is 3.85. The fraction of sp³-hybridized carbons (Fsp3) is 0.0769. The molecule has 0 saturated carbocycles. The summed E-state index contributed by atoms with van der Waals surface area (Å²) >= 11 is 0. The largest absolute Gasteiger partial charge is 0.288 e. The smallest absolute Gasteiger partial charge is 0.266 e. The number of nitrogens with zero attached hydrogens (tertiary/aromatic N) is 1. The van der Waals surface area contributed by atoms with Crippen molar-refractivity contribution in [2.75, 3.05) is 12.3 Å². The molecular weight excluding hydrogens is 484 g/mol. The van der Waals surface area contributed by atoms with Gasteiger partial charge in [0.05, 0.1) is 5.75 Å². The van der Waals surface area contributed by atoms with E-state index in [1.165, 1.54) is 0 Å². The SMILES string of the molecule is O=C1NC(=O)c2ccc3c4ccc5c6c(ccc(c7ccc1c2c73)c64)C(=O)N(CCS(=O)(=O)O)C5=O. The van der Waals surface area contributed by atoms with Crippen molar-refractivity contribution in [2.45, 2.75) is 0 Å². The topological polar surface area (TPSA) is 138 Å². The third kappa shape index (κ3) is 2.54. The maximum Gasteiger partial charge on any atom is 0.266 e. The summed E-state index contributed by atoms with van der Waals surface area (Å²) < 4.78 is 31.6. The molecule has 0 fully saturated rings. The highest BCUT2D eigenvalue weighted by Crippen LogP contribution is 2.45. The summed E-state index contributed by atoms with van der Waals surface area (Å²) in [5, 5.41) is 7.92. The number of carbonyl (C=O) groups is 4. The number of carbonyl (C=O) groups excluding carboxylic acids is 4. The zero-order chi connectivity index (χ0) is 25.1. The monoisotopic (exact) mass is 498 g/mol. The lowest BCUT2D eigenvalue weighted by Crippen LogP contribution is -2.42. The Labute approximate surface area is 202 Å². The number of amides is 4. The fourth-order valence-electron chi connectivity index (χ4n) is 5.65. The van der Waals surface area contributed by atoms with Gasteiger partial charge in [0, 0.05) is 39.6 Å². The lowest BCUT2D eigenvalue weighted by atomic mass is 9.82. The Hall–Kier alpha value is -4.41. The first-order valence-corrected chi connectivity index (χ1v) is 12.6. The second-order valence-corrected chi connectivity index (χ2v) is 10.5. The lowest BCUT2D eigenvalue weighted by molar-refractivity contribution is 0.0619. The van der Waals surface area contributed by atoms with E-state index >= 15 is 0 Å². The molecule has 0 bridgehead atoms. The Morgan fingerprint density at radius 1 is 0.611 bits per heavy atom. The zero-order valence-corrected chi connectivity index (χ0v) is 19.1. The van der Waals surface area contributed by atoms with E-state index in [0.29, 0.717) is 27.3 Å². The Morgan fingerprint density at radius 2 is 1.00 bits per heavy atom. The Balaban J connectivity index is 1.58. The van der Waals surface area contributed by atoms with Gasteiger partial charge >= 0.3 is 0 Å². The summed E-state index contributed by atoms with van der Waals surface area (Å²) in [6, 6.07) is 13.7. The van der Waals surface area contributed by atoms with Crippen molar-refractivity contribution in [1.82, 2.24) is 10.2 Å². The van der Waals surface area contributed by atoms with Crippen LogP contribution in [0.15, 0.2) is 48.5 Å². The van der Waals surface area contributed by atoms with Gasteiger partial charge < -0.3 is 0 Å². The Morgan fingerprint density at radius 3 is 1.42 bits per heavy atom. The van der Waals surface area contributed by atoms with E-state index in [0.717, 1.165) is 31.8 Å². The summed E-state index contributed by atoms with van der Waals surface area (Å²) in [5.41, 5.74) is 1.31. The summed E-state index contributed by atoms with van der Waals surface area (Å²) in [7, 11) is -4.37. The van der Waals surface area contributed by atoms with Crippen molar-refractivity contribution in [1.29, 1.82) is 0 Å². The van der Waals surface area contributed by atoms with E-state index in [-0.39, 0.29) is 11.1 Å². The van der Waals surface area contributed by atoms with Gasteiger partial charge in [-0.3, -0.25) is 33.9 Å². The summed E-state index contributed by atoms with van der Waals surface area (Å²) in [6.45, 7) is -0.468. The van der Waals surface area contributed by atoms with Crippen LogP contribution in [0.4, 0.5) is 0 Å². The first-order valence-electron chi connectivity index (χ1n) is 11.0. The van der Waals surface area contributed by atoms with Crippen LogP contribution in [0.3, 0.4) is 0 Å². The van der Waals surface area contributed by atoms with Crippen LogP contribution in [-0.4, -0.2) is 53.8 Å². The molecule has 5 aromatic rings. The quantitative estimate of drug-likeness (QED) is 0.169. The molecule has 9 nitrogen and oxygen atoms in total. The molecule has 2 heterocycles. The number of imide groups is 2. The molecule has 0 saturated heterocycles. The van der Waals surface area contributed by atoms with Crippen LogP contribution in [0.5, 0.6) is 0 Å². The summed E-state index contributed by atoms with van der Waals surface area (Å²) in [4.78, 5) is 52.4. The Bertz CT molecular complexity index is 1910. The van der Waals surface area contributed by atoms with Crippen molar-refractivity contribution in [3.05, 3.63) is 70.8 Å². The van der Waals surface area contributed by atoms with Crippen molar-refractivity contribution in [2.24, 2.45) is 0 Å². The molecule has 0 radical (unpaired) electrons. The number of benzene rings is 5. The molecule has 7 rings (SSSR count). The van der Waals surface area contributed by atoms with Gasteiger partial charge in [-0.2, -0.15) is 8.42 Å². The van der Waals surface area contributed by atoms with Gasteiger partial charge in [0.2, 0.25) is 0 Å². The van der Waals surface area contributed by atoms with E-state index in [4.69, 9.17) is 4.55 Å². The highest BCUT2D eigenvalue weighted by molar-refractivity contribution is 7.85. The molecule has 176 valence electrons. The van der Waals surface area contributed by atoms with Crippen LogP contribution < -0.4 is 5.32 Å². The van der Waals surface area contributed by atoms with Crippen LogP contribution in [0.2, 0.25) is 0 Å². The highest BCUT2D eigenvalue weighted by Gasteiger charge is 2.35. The van der Waals surface area contributed by atoms with E-state index in [1.807, 2.05) is 0 Å². The number of nitrogens with one attached hydrogen (secondary N) is 1. The maximum atomic E-state index is 13.3. The van der Waals surface area contributed by atoms with E-state index in [9.17, 15) is 27.6 Å². The van der Waals surface area contributed by atoms with Gasteiger partial charge in [-0.15, -0.1) is 0 Å². The van der Waals surface area contributed by atoms with Crippen molar-refractivity contribution in [3.8, 4) is 0 Å². The molecule has 2 aliphatic rings. The third-order valence-corrected chi connectivity index (χ3v) is 7.84. The molecule has 0 unspecified atom stereocenters. The minimum atomic E-state index is -4.37. The van der Waals surface area contributed by atoms with Crippen molar-refractivity contribution in [3.63, 3.8) is 0 Å². The predicted octanol–water partition coefficient (Wildman–Crippen LogP) is 3.10. The van der Waals surface area contributed by atoms with Gasteiger partial charge in [-0.05, 0) is 56.6 Å². The molecule has 4 amide bonds. The van der Waals surface area contributed by atoms with Crippen LogP contribution in [0.25, 0.3) is 43.1 Å². The minimum absolute atomic E-state index is 0.254. The number of rotatable bonds is 3. The number of hydrogen-bond donors (Lipinski definition) is 2. The molecule has 36 heavy (non-hydrogen) atoms. The molecule has 10 heteroatoms. The standard InChI is InChI=1S/C26H14N2O7S/c29-23-15-5-1-11-13-3-7-17-22-18(26(32)28(25(17)31)9-10-36(33,34)35)8-4-14(20(13)22)12-2-6-16(24(30)27-23)21(15)19(11)12/h1-8H,9-10H2,(H,27,29,30)(H,33,34,35). The van der Waals surface area contributed by atoms with Crippen LogP contribution in [0, 0.1) is 0 Å². The summed E-state index contributed by atoms with van der Waals surface area (Å²) in [5.74, 6) is -2.97.